The van der Waals surface area contributed by atoms with Crippen molar-refractivity contribution < 1.29 is 19.1 Å². The molecule has 108 valence electrons. The standard InChI is InChI=1S/C14H16BrNO4/c1-8(17)12(14(19)20-3)13(16-9(2)18)10-5-4-6-11(15)7-10/h4-7,12-13H,1-3H3,(H,16,18)/t12-,13+/m0/s1. The molecule has 20 heavy (non-hydrogen) atoms. The van der Waals surface area contributed by atoms with E-state index in [4.69, 9.17) is 0 Å². The summed E-state index contributed by atoms with van der Waals surface area (Å²) in [6, 6.07) is 6.32. The number of carbonyl (C=O) groups is 3. The van der Waals surface area contributed by atoms with Crippen molar-refractivity contribution >= 4 is 33.6 Å². The zero-order valence-electron chi connectivity index (χ0n) is 11.5. The number of nitrogens with one attached hydrogen (secondary N) is 1. The summed E-state index contributed by atoms with van der Waals surface area (Å²) in [4.78, 5) is 35.0. The number of rotatable bonds is 5. The van der Waals surface area contributed by atoms with Crippen molar-refractivity contribution in [2.75, 3.05) is 7.11 Å². The maximum absolute atomic E-state index is 11.8. The molecule has 0 fully saturated rings. The molecule has 1 aromatic rings. The van der Waals surface area contributed by atoms with Crippen molar-refractivity contribution in [2.24, 2.45) is 5.92 Å². The van der Waals surface area contributed by atoms with Crippen LogP contribution in [0.25, 0.3) is 0 Å². The van der Waals surface area contributed by atoms with Gasteiger partial charge in [-0.2, -0.15) is 0 Å². The lowest BCUT2D eigenvalue weighted by atomic mass is 9.90. The highest BCUT2D eigenvalue weighted by Gasteiger charge is 2.35. The van der Waals surface area contributed by atoms with Crippen LogP contribution in [0.2, 0.25) is 0 Å². The van der Waals surface area contributed by atoms with Gasteiger partial charge in [-0.05, 0) is 24.6 Å². The summed E-state index contributed by atoms with van der Waals surface area (Å²) in [6.45, 7) is 2.63. The van der Waals surface area contributed by atoms with Gasteiger partial charge in [-0.1, -0.05) is 28.1 Å². The van der Waals surface area contributed by atoms with Crippen molar-refractivity contribution in [2.45, 2.75) is 19.9 Å². The molecule has 0 aliphatic carbocycles. The summed E-state index contributed by atoms with van der Waals surface area (Å²) in [5.41, 5.74) is 0.653. The third-order valence-electron chi connectivity index (χ3n) is 2.79. The Hall–Kier alpha value is -1.69. The molecule has 0 radical (unpaired) electrons. The Bertz CT molecular complexity index is 530. The third kappa shape index (κ3) is 4.16. The van der Waals surface area contributed by atoms with E-state index in [1.54, 1.807) is 18.2 Å². The molecule has 0 spiro atoms. The maximum Gasteiger partial charge on any atom is 0.318 e. The molecular formula is C14H16BrNO4. The molecule has 0 aromatic heterocycles. The molecule has 0 aliphatic heterocycles. The molecule has 1 amide bonds. The Labute approximate surface area is 125 Å². The van der Waals surface area contributed by atoms with E-state index in [9.17, 15) is 14.4 Å². The second-order valence-electron chi connectivity index (χ2n) is 4.34. The first-order valence-electron chi connectivity index (χ1n) is 5.97. The fraction of sp³-hybridized carbons (Fsp3) is 0.357. The molecule has 0 saturated carbocycles. The van der Waals surface area contributed by atoms with Crippen LogP contribution in [-0.2, 0) is 19.1 Å². The molecule has 1 N–H and O–H groups in total. The minimum absolute atomic E-state index is 0.329. The zero-order valence-corrected chi connectivity index (χ0v) is 13.1. The summed E-state index contributed by atoms with van der Waals surface area (Å²) >= 11 is 3.32. The van der Waals surface area contributed by atoms with Gasteiger partial charge in [0, 0.05) is 11.4 Å². The number of ether oxygens (including phenoxy) is 1. The summed E-state index contributed by atoms with van der Waals surface area (Å²) in [5.74, 6) is -2.44. The van der Waals surface area contributed by atoms with E-state index in [-0.39, 0.29) is 11.7 Å². The van der Waals surface area contributed by atoms with Crippen molar-refractivity contribution in [3.05, 3.63) is 34.3 Å². The number of esters is 1. The van der Waals surface area contributed by atoms with E-state index in [0.29, 0.717) is 5.56 Å². The highest BCUT2D eigenvalue weighted by molar-refractivity contribution is 9.10. The van der Waals surface area contributed by atoms with Crippen LogP contribution in [0.5, 0.6) is 0 Å². The van der Waals surface area contributed by atoms with Gasteiger partial charge in [0.1, 0.15) is 11.7 Å². The number of Topliss-reactive ketones (excluding diaryl/α,β-unsaturated/α-hetero) is 1. The normalized spacial score (nSPS) is 13.2. The van der Waals surface area contributed by atoms with Gasteiger partial charge in [0.15, 0.2) is 0 Å². The molecule has 6 heteroatoms. The van der Waals surface area contributed by atoms with E-state index < -0.39 is 17.9 Å². The number of amides is 1. The topological polar surface area (TPSA) is 72.5 Å². The Morgan fingerprint density at radius 1 is 1.25 bits per heavy atom. The first kappa shape index (κ1) is 16.4. The van der Waals surface area contributed by atoms with Crippen LogP contribution >= 0.6 is 15.9 Å². The van der Waals surface area contributed by atoms with Crippen LogP contribution in [0, 0.1) is 5.92 Å². The van der Waals surface area contributed by atoms with Crippen LogP contribution in [-0.4, -0.2) is 24.8 Å². The molecular weight excluding hydrogens is 326 g/mol. The average molecular weight is 342 g/mol. The second kappa shape index (κ2) is 7.19. The number of halogens is 1. The van der Waals surface area contributed by atoms with Gasteiger partial charge in [-0.25, -0.2) is 0 Å². The average Bonchev–Trinajstić information content (AvgIpc) is 2.36. The number of methoxy groups -OCH3 is 1. The second-order valence-corrected chi connectivity index (χ2v) is 5.26. The van der Waals surface area contributed by atoms with E-state index in [0.717, 1.165) is 4.47 Å². The molecule has 0 bridgehead atoms. The molecule has 0 saturated heterocycles. The molecule has 0 unspecified atom stereocenters. The van der Waals surface area contributed by atoms with Crippen LogP contribution in [0.4, 0.5) is 0 Å². The zero-order chi connectivity index (χ0) is 15.3. The van der Waals surface area contributed by atoms with Crippen molar-refractivity contribution in [3.63, 3.8) is 0 Å². The van der Waals surface area contributed by atoms with Gasteiger partial charge in [-0.3, -0.25) is 14.4 Å². The lowest BCUT2D eigenvalue weighted by Gasteiger charge is -2.24. The number of ketones is 1. The Balaban J connectivity index is 3.25. The molecule has 0 heterocycles. The van der Waals surface area contributed by atoms with E-state index in [1.807, 2.05) is 6.07 Å². The monoisotopic (exact) mass is 341 g/mol. The molecule has 2 atom stereocenters. The molecule has 0 aliphatic rings. The first-order valence-corrected chi connectivity index (χ1v) is 6.77. The summed E-state index contributed by atoms with van der Waals surface area (Å²) in [7, 11) is 1.21. The van der Waals surface area contributed by atoms with Crippen molar-refractivity contribution in [3.8, 4) is 0 Å². The Morgan fingerprint density at radius 2 is 1.90 bits per heavy atom. The lowest BCUT2D eigenvalue weighted by Crippen LogP contribution is -2.39. The third-order valence-corrected chi connectivity index (χ3v) is 3.29. The predicted molar refractivity (Wildman–Crippen MR) is 76.9 cm³/mol. The maximum atomic E-state index is 11.8. The largest absolute Gasteiger partial charge is 0.468 e. The van der Waals surface area contributed by atoms with Crippen molar-refractivity contribution in [1.29, 1.82) is 0 Å². The Kier molecular flexibility index (Phi) is 5.88. The van der Waals surface area contributed by atoms with Gasteiger partial charge in [0.05, 0.1) is 13.2 Å². The minimum Gasteiger partial charge on any atom is -0.468 e. The van der Waals surface area contributed by atoms with Gasteiger partial charge >= 0.3 is 5.97 Å². The van der Waals surface area contributed by atoms with Gasteiger partial charge in [0.2, 0.25) is 5.91 Å². The summed E-state index contributed by atoms with van der Waals surface area (Å²) in [6.07, 6.45) is 0. The van der Waals surface area contributed by atoms with E-state index >= 15 is 0 Å². The van der Waals surface area contributed by atoms with Crippen LogP contribution in [0.1, 0.15) is 25.5 Å². The fourth-order valence-electron chi connectivity index (χ4n) is 1.94. The van der Waals surface area contributed by atoms with E-state index in [2.05, 4.69) is 26.0 Å². The highest BCUT2D eigenvalue weighted by Crippen LogP contribution is 2.26. The van der Waals surface area contributed by atoms with Gasteiger partial charge in [0.25, 0.3) is 0 Å². The van der Waals surface area contributed by atoms with Crippen LogP contribution < -0.4 is 5.32 Å². The summed E-state index contributed by atoms with van der Waals surface area (Å²) in [5, 5.41) is 2.64. The number of hydrogen-bond acceptors (Lipinski definition) is 4. The van der Waals surface area contributed by atoms with Crippen LogP contribution in [0.3, 0.4) is 0 Å². The molecule has 1 rings (SSSR count). The van der Waals surface area contributed by atoms with Gasteiger partial charge in [-0.15, -0.1) is 0 Å². The number of hydrogen-bond donors (Lipinski definition) is 1. The van der Waals surface area contributed by atoms with Gasteiger partial charge < -0.3 is 10.1 Å². The quantitative estimate of drug-likeness (QED) is 0.656. The predicted octanol–water partition coefficient (Wildman–Crippen LogP) is 2.00. The SMILES string of the molecule is COC(=O)[C@@H](C(C)=O)[C@H](NC(C)=O)c1cccc(Br)c1. The Morgan fingerprint density at radius 3 is 2.35 bits per heavy atom. The van der Waals surface area contributed by atoms with Crippen molar-refractivity contribution in [1.82, 2.24) is 5.32 Å². The fourth-order valence-corrected chi connectivity index (χ4v) is 2.36. The summed E-state index contributed by atoms with van der Waals surface area (Å²) < 4.78 is 5.45. The smallest absolute Gasteiger partial charge is 0.318 e. The molecule has 1 aromatic carbocycles. The number of carbonyl (C=O) groups excluding carboxylic acids is 3. The lowest BCUT2D eigenvalue weighted by molar-refractivity contribution is -0.150. The minimum atomic E-state index is -1.07. The molecule has 5 nitrogen and oxygen atoms in total. The van der Waals surface area contributed by atoms with Crippen LogP contribution in [0.15, 0.2) is 28.7 Å². The first-order chi connectivity index (χ1) is 9.36. The number of benzene rings is 1. The highest BCUT2D eigenvalue weighted by atomic mass is 79.9. The van der Waals surface area contributed by atoms with E-state index in [1.165, 1.54) is 21.0 Å².